The van der Waals surface area contributed by atoms with E-state index in [0.29, 0.717) is 23.3 Å². The van der Waals surface area contributed by atoms with E-state index in [0.717, 1.165) is 0 Å². The summed E-state index contributed by atoms with van der Waals surface area (Å²) in [5.74, 6) is 0.587. The molecular weight excluding hydrogens is 256 g/mol. The summed E-state index contributed by atoms with van der Waals surface area (Å²) in [6, 6.07) is 3.47. The predicted octanol–water partition coefficient (Wildman–Crippen LogP) is 2.13. The number of hydrogen-bond donors (Lipinski definition) is 0. The molecule has 2 aromatic heterocycles. The Morgan fingerprint density at radius 3 is 3.00 bits per heavy atom. The summed E-state index contributed by atoms with van der Waals surface area (Å²) in [6.07, 6.45) is 2.13. The molecule has 3 heterocycles. The molecule has 0 aliphatic carbocycles. The molecule has 1 aliphatic heterocycles. The number of aromatic nitrogens is 2. The molecule has 0 spiro atoms. The Bertz CT molecular complexity index is 551. The second kappa shape index (κ2) is 4.49. The fourth-order valence-electron chi connectivity index (χ4n) is 1.70. The van der Waals surface area contributed by atoms with E-state index in [9.17, 15) is 4.79 Å². The van der Waals surface area contributed by atoms with E-state index in [4.69, 9.17) is 13.6 Å². The van der Waals surface area contributed by atoms with Gasteiger partial charge in [0, 0.05) is 6.42 Å². The first-order valence-corrected chi connectivity index (χ1v) is 6.35. The van der Waals surface area contributed by atoms with Crippen molar-refractivity contribution in [2.24, 2.45) is 0 Å². The van der Waals surface area contributed by atoms with Gasteiger partial charge in [-0.15, -0.1) is 10.2 Å². The molecule has 0 bridgehead atoms. The Labute approximate surface area is 107 Å². The smallest absolute Gasteiger partial charge is 0.320 e. The van der Waals surface area contributed by atoms with Gasteiger partial charge in [-0.2, -0.15) is 0 Å². The molecule has 1 saturated heterocycles. The number of thioether (sulfide) groups is 1. The fourth-order valence-corrected chi connectivity index (χ4v) is 2.67. The van der Waals surface area contributed by atoms with Crippen molar-refractivity contribution in [1.29, 1.82) is 0 Å². The maximum absolute atomic E-state index is 11.5. The highest BCUT2D eigenvalue weighted by Gasteiger charge is 2.34. The van der Waals surface area contributed by atoms with Crippen LogP contribution in [0.5, 0.6) is 0 Å². The van der Waals surface area contributed by atoms with Crippen LogP contribution in [0.2, 0.25) is 0 Å². The largest absolute Gasteiger partial charge is 0.462 e. The zero-order chi connectivity index (χ0) is 12.5. The van der Waals surface area contributed by atoms with Gasteiger partial charge in [0.1, 0.15) is 11.4 Å². The van der Waals surface area contributed by atoms with Gasteiger partial charge >= 0.3 is 5.97 Å². The Balaban J connectivity index is 1.73. The average Bonchev–Trinajstić information content (AvgIpc) is 3.02. The summed E-state index contributed by atoms with van der Waals surface area (Å²) in [4.78, 5) is 11.5. The lowest BCUT2D eigenvalue weighted by Gasteiger charge is -1.98. The van der Waals surface area contributed by atoms with E-state index in [2.05, 4.69) is 10.2 Å². The molecule has 0 N–H and O–H groups in total. The quantitative estimate of drug-likeness (QED) is 0.787. The van der Waals surface area contributed by atoms with E-state index in [-0.39, 0.29) is 17.3 Å². The lowest BCUT2D eigenvalue weighted by Crippen LogP contribution is -2.09. The number of furan rings is 1. The lowest BCUT2D eigenvalue weighted by molar-refractivity contribution is -0.140. The molecule has 2 aromatic rings. The average molecular weight is 266 g/mol. The highest BCUT2D eigenvalue weighted by Crippen LogP contribution is 2.32. The minimum Gasteiger partial charge on any atom is -0.462 e. The van der Waals surface area contributed by atoms with Gasteiger partial charge in [-0.25, -0.2) is 0 Å². The van der Waals surface area contributed by atoms with Crippen molar-refractivity contribution in [2.75, 3.05) is 0 Å². The van der Waals surface area contributed by atoms with Crippen LogP contribution in [-0.4, -0.2) is 27.5 Å². The first kappa shape index (κ1) is 11.3. The maximum atomic E-state index is 11.5. The zero-order valence-electron chi connectivity index (χ0n) is 9.53. The van der Waals surface area contributed by atoms with Gasteiger partial charge in [0.25, 0.3) is 11.1 Å². The molecule has 1 fully saturated rings. The van der Waals surface area contributed by atoms with Gasteiger partial charge < -0.3 is 13.6 Å². The monoisotopic (exact) mass is 266 g/mol. The molecule has 0 aromatic carbocycles. The molecule has 0 unspecified atom stereocenters. The van der Waals surface area contributed by atoms with Crippen LogP contribution in [0.25, 0.3) is 11.7 Å². The Morgan fingerprint density at radius 2 is 2.33 bits per heavy atom. The minimum absolute atomic E-state index is 0.0533. The van der Waals surface area contributed by atoms with Gasteiger partial charge in [0.2, 0.25) is 0 Å². The van der Waals surface area contributed by atoms with Gasteiger partial charge in [0.15, 0.2) is 5.76 Å². The minimum atomic E-state index is -0.273. The molecule has 94 valence electrons. The Morgan fingerprint density at radius 1 is 1.44 bits per heavy atom. The number of carbonyl (C=O) groups excluding carboxylic acids is 1. The predicted molar refractivity (Wildman–Crippen MR) is 61.8 cm³/mol. The van der Waals surface area contributed by atoms with Crippen molar-refractivity contribution in [3.05, 3.63) is 18.4 Å². The van der Waals surface area contributed by atoms with Gasteiger partial charge in [-0.1, -0.05) is 0 Å². The van der Waals surface area contributed by atoms with Crippen molar-refractivity contribution in [2.45, 2.75) is 29.9 Å². The van der Waals surface area contributed by atoms with Gasteiger partial charge in [0.05, 0.1) is 6.26 Å². The molecule has 3 rings (SSSR count). The molecule has 0 amide bonds. The summed E-state index contributed by atoms with van der Waals surface area (Å²) in [5, 5.41) is 7.81. The van der Waals surface area contributed by atoms with E-state index in [1.807, 2.05) is 6.92 Å². The van der Waals surface area contributed by atoms with Crippen LogP contribution in [0.4, 0.5) is 0 Å². The van der Waals surface area contributed by atoms with Crippen molar-refractivity contribution >= 4 is 17.7 Å². The summed E-state index contributed by atoms with van der Waals surface area (Å²) < 4.78 is 15.6. The number of ether oxygens (including phenoxy) is 1. The van der Waals surface area contributed by atoms with Crippen LogP contribution in [0.3, 0.4) is 0 Å². The molecule has 0 saturated carbocycles. The molecule has 2 atom stereocenters. The molecule has 7 heteroatoms. The van der Waals surface area contributed by atoms with Crippen molar-refractivity contribution in [3.63, 3.8) is 0 Å². The normalized spacial score (nSPS) is 23.3. The number of esters is 1. The van der Waals surface area contributed by atoms with Gasteiger partial charge in [-0.3, -0.25) is 4.79 Å². The number of carbonyl (C=O) groups is 1. The van der Waals surface area contributed by atoms with E-state index in [1.54, 1.807) is 12.1 Å². The Kier molecular flexibility index (Phi) is 2.83. The third kappa shape index (κ3) is 2.13. The molecule has 0 radical (unpaired) electrons. The number of cyclic esters (lactones) is 1. The molecular formula is C11H10N2O4S. The Hall–Kier alpha value is -1.76. The van der Waals surface area contributed by atoms with E-state index >= 15 is 0 Å². The maximum Gasteiger partial charge on any atom is 0.320 e. The van der Waals surface area contributed by atoms with Crippen LogP contribution in [0.1, 0.15) is 13.3 Å². The highest BCUT2D eigenvalue weighted by molar-refractivity contribution is 8.00. The number of hydrogen-bond acceptors (Lipinski definition) is 7. The van der Waals surface area contributed by atoms with Crippen molar-refractivity contribution in [1.82, 2.24) is 10.2 Å². The summed E-state index contributed by atoms with van der Waals surface area (Å²) in [7, 11) is 0. The second-order valence-electron chi connectivity index (χ2n) is 3.94. The zero-order valence-corrected chi connectivity index (χ0v) is 10.3. The first-order valence-electron chi connectivity index (χ1n) is 5.47. The van der Waals surface area contributed by atoms with Crippen molar-refractivity contribution < 1.29 is 18.4 Å². The van der Waals surface area contributed by atoms with Crippen LogP contribution in [-0.2, 0) is 9.53 Å². The summed E-state index contributed by atoms with van der Waals surface area (Å²) in [6.45, 7) is 1.86. The SMILES string of the molecule is C[C@H]1C[C@@H](Sc2nnc(-c3ccco3)o2)C(=O)O1. The van der Waals surface area contributed by atoms with Crippen LogP contribution < -0.4 is 0 Å². The summed E-state index contributed by atoms with van der Waals surface area (Å²) >= 11 is 1.22. The van der Waals surface area contributed by atoms with Crippen molar-refractivity contribution in [3.8, 4) is 11.7 Å². The van der Waals surface area contributed by atoms with Gasteiger partial charge in [-0.05, 0) is 30.8 Å². The number of nitrogens with zero attached hydrogens (tertiary/aromatic N) is 2. The molecule has 6 nitrogen and oxygen atoms in total. The van der Waals surface area contributed by atoms with E-state index in [1.165, 1.54) is 18.0 Å². The molecule has 1 aliphatic rings. The van der Waals surface area contributed by atoms with E-state index < -0.39 is 0 Å². The standard InChI is InChI=1S/C11H10N2O4S/c1-6-5-8(10(14)16-6)18-11-13-12-9(17-11)7-3-2-4-15-7/h2-4,6,8H,5H2,1H3/t6-,8+/m0/s1. The summed E-state index contributed by atoms with van der Waals surface area (Å²) in [5.41, 5.74) is 0. The van der Waals surface area contributed by atoms with Crippen LogP contribution in [0, 0.1) is 0 Å². The number of rotatable bonds is 3. The molecule has 18 heavy (non-hydrogen) atoms. The van der Waals surface area contributed by atoms with Crippen LogP contribution in [0.15, 0.2) is 32.5 Å². The third-order valence-electron chi connectivity index (χ3n) is 2.51. The lowest BCUT2D eigenvalue weighted by atomic mass is 10.3. The highest BCUT2D eigenvalue weighted by atomic mass is 32.2. The first-order chi connectivity index (χ1) is 8.72. The third-order valence-corrected chi connectivity index (χ3v) is 3.54. The second-order valence-corrected chi connectivity index (χ2v) is 5.09. The van der Waals surface area contributed by atoms with Crippen LogP contribution >= 0.6 is 11.8 Å². The fraction of sp³-hybridized carbons (Fsp3) is 0.364. The topological polar surface area (TPSA) is 78.4 Å².